The maximum absolute atomic E-state index is 11.5. The van der Waals surface area contributed by atoms with Crippen LogP contribution < -0.4 is 16.0 Å². The lowest BCUT2D eigenvalue weighted by atomic mass is 9.89. The van der Waals surface area contributed by atoms with E-state index in [9.17, 15) is 14.9 Å². The van der Waals surface area contributed by atoms with Crippen molar-refractivity contribution >= 4 is 23.4 Å². The van der Waals surface area contributed by atoms with E-state index in [4.69, 9.17) is 5.73 Å². The quantitative estimate of drug-likeness (QED) is 0.609. The Kier molecular flexibility index (Phi) is 3.67. The Hall–Kier alpha value is -2.45. The summed E-state index contributed by atoms with van der Waals surface area (Å²) in [5, 5.41) is 14.1. The number of hydrogen-bond acceptors (Lipinski definition) is 7. The number of nitrogens with two attached hydrogens (primary N) is 1. The fraction of sp³-hybridized carbons (Fsp3) is 0.583. The van der Waals surface area contributed by atoms with Crippen molar-refractivity contribution in [3.05, 3.63) is 15.8 Å². The number of aromatic nitrogens is 2. The molecule has 1 aromatic heterocycles. The maximum atomic E-state index is 11.5. The van der Waals surface area contributed by atoms with Gasteiger partial charge in [0, 0.05) is 20.1 Å². The summed E-state index contributed by atoms with van der Waals surface area (Å²) in [6.07, 6.45) is 0.539. The second-order valence-electron chi connectivity index (χ2n) is 5.41. The molecule has 21 heavy (non-hydrogen) atoms. The van der Waals surface area contributed by atoms with Gasteiger partial charge in [-0.05, 0) is 20.3 Å². The third kappa shape index (κ3) is 2.58. The molecule has 0 aromatic carbocycles. The van der Waals surface area contributed by atoms with Crippen molar-refractivity contribution in [3.63, 3.8) is 0 Å². The molecule has 2 heterocycles. The second-order valence-corrected chi connectivity index (χ2v) is 5.41. The van der Waals surface area contributed by atoms with Gasteiger partial charge in [-0.1, -0.05) is 0 Å². The van der Waals surface area contributed by atoms with Gasteiger partial charge >= 0.3 is 5.69 Å². The van der Waals surface area contributed by atoms with E-state index >= 15 is 0 Å². The summed E-state index contributed by atoms with van der Waals surface area (Å²) < 4.78 is 0. The third-order valence-electron chi connectivity index (χ3n) is 3.81. The van der Waals surface area contributed by atoms with E-state index in [-0.39, 0.29) is 17.2 Å². The normalized spacial score (nSPS) is 21.4. The van der Waals surface area contributed by atoms with Gasteiger partial charge < -0.3 is 16.0 Å². The monoisotopic (exact) mass is 294 g/mol. The molecule has 1 atom stereocenters. The summed E-state index contributed by atoms with van der Waals surface area (Å²) in [5.41, 5.74) is 4.85. The van der Waals surface area contributed by atoms with Crippen molar-refractivity contribution in [1.82, 2.24) is 9.97 Å². The molecule has 9 nitrogen and oxygen atoms in total. The van der Waals surface area contributed by atoms with Crippen molar-refractivity contribution in [2.24, 2.45) is 11.1 Å². The number of amides is 1. The lowest BCUT2D eigenvalue weighted by molar-refractivity contribution is -0.385. The number of nitrogens with one attached hydrogen (secondary N) is 1. The zero-order chi connectivity index (χ0) is 15.8. The number of carbonyl (C=O) groups is 1. The molecule has 0 saturated carbocycles. The van der Waals surface area contributed by atoms with Crippen LogP contribution in [-0.2, 0) is 4.79 Å². The molecule has 1 aromatic rings. The molecule has 0 bridgehead atoms. The molecule has 0 radical (unpaired) electrons. The fourth-order valence-corrected chi connectivity index (χ4v) is 2.44. The Bertz CT molecular complexity index is 605. The highest BCUT2D eigenvalue weighted by Crippen LogP contribution is 2.37. The van der Waals surface area contributed by atoms with Gasteiger partial charge in [0.25, 0.3) is 0 Å². The van der Waals surface area contributed by atoms with Gasteiger partial charge in [0.2, 0.25) is 17.7 Å². The predicted octanol–water partition coefficient (Wildman–Crippen LogP) is 0.437. The van der Waals surface area contributed by atoms with Crippen molar-refractivity contribution in [2.75, 3.05) is 30.4 Å². The number of nitro groups is 1. The van der Waals surface area contributed by atoms with Crippen LogP contribution in [0.3, 0.4) is 0 Å². The Labute approximate surface area is 121 Å². The van der Waals surface area contributed by atoms with Gasteiger partial charge in [0.15, 0.2) is 0 Å². The highest BCUT2D eigenvalue weighted by molar-refractivity contribution is 5.82. The molecule has 1 aliphatic rings. The SMILES string of the molecule is CNc1nc(C)c([N+](=O)[O-])c(N2CCC(C)(C(N)=O)C2)n1. The Balaban J connectivity index is 2.46. The zero-order valence-corrected chi connectivity index (χ0v) is 12.2. The number of hydrogen-bond donors (Lipinski definition) is 2. The average Bonchev–Trinajstić information content (AvgIpc) is 2.81. The van der Waals surface area contributed by atoms with Crippen LogP contribution >= 0.6 is 0 Å². The molecular weight excluding hydrogens is 276 g/mol. The number of aryl methyl sites for hydroxylation is 1. The van der Waals surface area contributed by atoms with Crippen LogP contribution in [0.5, 0.6) is 0 Å². The molecule has 1 aliphatic heterocycles. The largest absolute Gasteiger partial charge is 0.369 e. The summed E-state index contributed by atoms with van der Waals surface area (Å²) in [7, 11) is 1.64. The number of carbonyl (C=O) groups excluding carboxylic acids is 1. The third-order valence-corrected chi connectivity index (χ3v) is 3.81. The van der Waals surface area contributed by atoms with Crippen LogP contribution in [0.15, 0.2) is 0 Å². The molecule has 0 aliphatic carbocycles. The smallest absolute Gasteiger partial charge is 0.332 e. The van der Waals surface area contributed by atoms with Gasteiger partial charge in [-0.25, -0.2) is 4.98 Å². The molecule has 1 amide bonds. The zero-order valence-electron chi connectivity index (χ0n) is 12.2. The van der Waals surface area contributed by atoms with Crippen LogP contribution in [0.4, 0.5) is 17.5 Å². The van der Waals surface area contributed by atoms with Gasteiger partial charge in [-0.2, -0.15) is 4.98 Å². The first-order valence-corrected chi connectivity index (χ1v) is 6.54. The van der Waals surface area contributed by atoms with Crippen LogP contribution in [0.2, 0.25) is 0 Å². The van der Waals surface area contributed by atoms with Gasteiger partial charge in [0.1, 0.15) is 5.69 Å². The minimum Gasteiger partial charge on any atom is -0.369 e. The van der Waals surface area contributed by atoms with Crippen LogP contribution in [0, 0.1) is 22.5 Å². The van der Waals surface area contributed by atoms with Crippen molar-refractivity contribution in [3.8, 4) is 0 Å². The Morgan fingerprint density at radius 1 is 1.52 bits per heavy atom. The van der Waals surface area contributed by atoms with Crippen molar-refractivity contribution < 1.29 is 9.72 Å². The molecule has 1 unspecified atom stereocenters. The number of nitrogens with zero attached hydrogens (tertiary/aromatic N) is 4. The summed E-state index contributed by atoms with van der Waals surface area (Å²) >= 11 is 0. The molecule has 1 fully saturated rings. The predicted molar refractivity (Wildman–Crippen MR) is 77.1 cm³/mol. The summed E-state index contributed by atoms with van der Waals surface area (Å²) in [4.78, 5) is 32.3. The van der Waals surface area contributed by atoms with E-state index in [0.29, 0.717) is 25.5 Å². The van der Waals surface area contributed by atoms with Gasteiger partial charge in [-0.15, -0.1) is 0 Å². The molecule has 2 rings (SSSR count). The summed E-state index contributed by atoms with van der Waals surface area (Å²) in [6.45, 7) is 4.12. The first-order valence-electron chi connectivity index (χ1n) is 6.54. The lowest BCUT2D eigenvalue weighted by Gasteiger charge is -2.22. The van der Waals surface area contributed by atoms with Crippen LogP contribution in [0.25, 0.3) is 0 Å². The molecule has 1 saturated heterocycles. The topological polar surface area (TPSA) is 127 Å². The first kappa shape index (κ1) is 14.9. The van der Waals surface area contributed by atoms with Crippen molar-refractivity contribution in [1.29, 1.82) is 0 Å². The minimum atomic E-state index is -0.702. The molecule has 0 spiro atoms. The number of anilines is 2. The minimum absolute atomic E-state index is 0.136. The highest BCUT2D eigenvalue weighted by atomic mass is 16.6. The standard InChI is InChI=1S/C12H18N6O3/c1-7-8(18(20)21)9(16-11(14-3)15-7)17-5-4-12(2,6-17)10(13)19/h4-6H2,1-3H3,(H2,13,19)(H,14,15,16). The summed E-state index contributed by atoms with van der Waals surface area (Å²) in [6, 6.07) is 0. The van der Waals surface area contributed by atoms with E-state index in [2.05, 4.69) is 15.3 Å². The Morgan fingerprint density at radius 2 is 2.19 bits per heavy atom. The van der Waals surface area contributed by atoms with E-state index in [1.165, 1.54) is 0 Å². The summed E-state index contributed by atoms with van der Waals surface area (Å²) in [5.74, 6) is 0.120. The van der Waals surface area contributed by atoms with Gasteiger partial charge in [-0.3, -0.25) is 14.9 Å². The van der Waals surface area contributed by atoms with E-state index < -0.39 is 16.2 Å². The van der Waals surface area contributed by atoms with E-state index in [1.54, 1.807) is 25.8 Å². The molecular formula is C12H18N6O3. The van der Waals surface area contributed by atoms with Crippen LogP contribution in [-0.4, -0.2) is 40.9 Å². The number of primary amides is 1. The highest BCUT2D eigenvalue weighted by Gasteiger charge is 2.41. The lowest BCUT2D eigenvalue weighted by Crippen LogP contribution is -2.37. The van der Waals surface area contributed by atoms with E-state index in [1.807, 2.05) is 0 Å². The van der Waals surface area contributed by atoms with Gasteiger partial charge in [0.05, 0.1) is 10.3 Å². The molecule has 9 heteroatoms. The Morgan fingerprint density at radius 3 is 2.67 bits per heavy atom. The fourth-order valence-electron chi connectivity index (χ4n) is 2.44. The van der Waals surface area contributed by atoms with Crippen LogP contribution in [0.1, 0.15) is 19.0 Å². The number of rotatable bonds is 4. The molecule has 3 N–H and O–H groups in total. The van der Waals surface area contributed by atoms with Crippen molar-refractivity contribution in [2.45, 2.75) is 20.3 Å². The van der Waals surface area contributed by atoms with E-state index in [0.717, 1.165) is 0 Å². The second kappa shape index (κ2) is 5.15. The maximum Gasteiger partial charge on any atom is 0.332 e. The first-order chi connectivity index (χ1) is 9.78. The molecule has 114 valence electrons. The average molecular weight is 294 g/mol.